The Morgan fingerprint density at radius 1 is 1.38 bits per heavy atom. The Labute approximate surface area is 144 Å². The summed E-state index contributed by atoms with van der Waals surface area (Å²) in [6.07, 6.45) is 11.2. The normalized spacial score (nSPS) is 19.3. The Morgan fingerprint density at radius 3 is 3.04 bits per heavy atom. The monoisotopic (exact) mass is 328 g/mol. The fraction of sp³-hybridized carbons (Fsp3) is 0.632. The van der Waals surface area contributed by atoms with E-state index in [9.17, 15) is 4.79 Å². The van der Waals surface area contributed by atoms with Crippen LogP contribution in [0.3, 0.4) is 0 Å². The predicted octanol–water partition coefficient (Wildman–Crippen LogP) is 2.54. The van der Waals surface area contributed by atoms with Crippen LogP contribution in [0.15, 0.2) is 17.8 Å². The van der Waals surface area contributed by atoms with Gasteiger partial charge in [0.15, 0.2) is 0 Å². The van der Waals surface area contributed by atoms with Gasteiger partial charge in [-0.3, -0.25) is 9.69 Å². The molecule has 0 fully saturated rings. The van der Waals surface area contributed by atoms with Gasteiger partial charge in [0.1, 0.15) is 5.82 Å². The van der Waals surface area contributed by atoms with Gasteiger partial charge in [-0.25, -0.2) is 9.97 Å². The van der Waals surface area contributed by atoms with Crippen LogP contribution < -0.4 is 5.32 Å². The molecule has 24 heavy (non-hydrogen) atoms. The molecule has 0 saturated carbocycles. The first-order valence-electron chi connectivity index (χ1n) is 9.14. The van der Waals surface area contributed by atoms with E-state index in [1.54, 1.807) is 0 Å². The molecule has 0 saturated heterocycles. The van der Waals surface area contributed by atoms with E-state index in [0.29, 0.717) is 0 Å². The molecule has 0 unspecified atom stereocenters. The number of carbonyl (C=O) groups excluding carboxylic acids is 1. The van der Waals surface area contributed by atoms with E-state index in [1.807, 2.05) is 20.0 Å². The molecule has 1 aliphatic carbocycles. The van der Waals surface area contributed by atoms with Crippen molar-refractivity contribution >= 4 is 5.91 Å². The zero-order valence-corrected chi connectivity index (χ0v) is 14.8. The van der Waals surface area contributed by atoms with E-state index in [4.69, 9.17) is 0 Å². The van der Waals surface area contributed by atoms with Gasteiger partial charge >= 0.3 is 0 Å². The summed E-state index contributed by atoms with van der Waals surface area (Å²) in [5.41, 5.74) is 3.79. The predicted molar refractivity (Wildman–Crippen MR) is 94.5 cm³/mol. The maximum atomic E-state index is 12.5. The highest BCUT2D eigenvalue weighted by Gasteiger charge is 2.26. The van der Waals surface area contributed by atoms with Gasteiger partial charge in [-0.1, -0.05) is 11.6 Å². The van der Waals surface area contributed by atoms with Gasteiger partial charge in [0, 0.05) is 25.8 Å². The zero-order valence-electron chi connectivity index (χ0n) is 14.8. The lowest BCUT2D eigenvalue weighted by Crippen LogP contribution is -2.47. The molecule has 2 heterocycles. The van der Waals surface area contributed by atoms with Gasteiger partial charge in [-0.15, -0.1) is 0 Å². The minimum absolute atomic E-state index is 0.117. The average molecular weight is 328 g/mol. The highest BCUT2D eigenvalue weighted by molar-refractivity contribution is 5.81. The van der Waals surface area contributed by atoms with Crippen molar-refractivity contribution < 1.29 is 4.79 Å². The van der Waals surface area contributed by atoms with E-state index in [1.165, 1.54) is 36.8 Å². The molecule has 0 bridgehead atoms. The first-order valence-corrected chi connectivity index (χ1v) is 9.14. The Hall–Kier alpha value is -1.75. The number of allylic oxidation sites excluding steroid dienone is 1. The van der Waals surface area contributed by atoms with Gasteiger partial charge in [0.05, 0.1) is 11.7 Å². The van der Waals surface area contributed by atoms with Crippen molar-refractivity contribution in [2.75, 3.05) is 13.1 Å². The number of carbonyl (C=O) groups is 1. The number of amides is 1. The molecule has 2 aliphatic rings. The van der Waals surface area contributed by atoms with Crippen LogP contribution in [0.2, 0.25) is 0 Å². The lowest BCUT2D eigenvalue weighted by molar-refractivity contribution is -0.126. The highest BCUT2D eigenvalue weighted by Crippen LogP contribution is 2.20. The van der Waals surface area contributed by atoms with Crippen molar-refractivity contribution in [2.45, 2.75) is 65.0 Å². The van der Waals surface area contributed by atoms with Crippen LogP contribution in [0, 0.1) is 6.92 Å². The van der Waals surface area contributed by atoms with Crippen LogP contribution >= 0.6 is 0 Å². The average Bonchev–Trinajstić information content (AvgIpc) is 2.61. The second-order valence-corrected chi connectivity index (χ2v) is 6.93. The number of hydrogen-bond acceptors (Lipinski definition) is 4. The SMILES string of the molecule is Cc1ncc2c(n1)CN([C@@H](C)C(=O)NCCC1=CCCCC1)CC2. The summed E-state index contributed by atoms with van der Waals surface area (Å²) in [7, 11) is 0. The van der Waals surface area contributed by atoms with Crippen molar-refractivity contribution in [1.29, 1.82) is 0 Å². The second kappa shape index (κ2) is 7.88. The van der Waals surface area contributed by atoms with Crippen LogP contribution in [0.1, 0.15) is 56.1 Å². The maximum Gasteiger partial charge on any atom is 0.237 e. The molecular formula is C19H28N4O. The van der Waals surface area contributed by atoms with Crippen LogP contribution in [-0.4, -0.2) is 39.9 Å². The first-order chi connectivity index (χ1) is 11.6. The molecule has 1 amide bonds. The van der Waals surface area contributed by atoms with Crippen molar-refractivity contribution in [3.63, 3.8) is 0 Å². The molecule has 1 N–H and O–H groups in total. The summed E-state index contributed by atoms with van der Waals surface area (Å²) in [4.78, 5) is 23.5. The van der Waals surface area contributed by atoms with Gasteiger partial charge in [0.25, 0.3) is 0 Å². The number of hydrogen-bond donors (Lipinski definition) is 1. The molecule has 1 atom stereocenters. The van der Waals surface area contributed by atoms with Crippen molar-refractivity contribution in [3.8, 4) is 0 Å². The number of nitrogens with zero attached hydrogens (tertiary/aromatic N) is 3. The smallest absolute Gasteiger partial charge is 0.237 e. The van der Waals surface area contributed by atoms with Gasteiger partial charge < -0.3 is 5.32 Å². The van der Waals surface area contributed by atoms with E-state index < -0.39 is 0 Å². The van der Waals surface area contributed by atoms with Crippen molar-refractivity contribution in [1.82, 2.24) is 20.2 Å². The Bertz CT molecular complexity index is 626. The summed E-state index contributed by atoms with van der Waals surface area (Å²) in [5, 5.41) is 3.11. The van der Waals surface area contributed by atoms with E-state index in [0.717, 1.165) is 44.0 Å². The Kier molecular flexibility index (Phi) is 5.61. The number of aromatic nitrogens is 2. The lowest BCUT2D eigenvalue weighted by Gasteiger charge is -2.32. The number of fused-ring (bicyclic) bond motifs is 1. The molecule has 0 radical (unpaired) electrons. The lowest BCUT2D eigenvalue weighted by atomic mass is 9.97. The number of nitrogens with one attached hydrogen (secondary N) is 1. The quantitative estimate of drug-likeness (QED) is 0.844. The third-order valence-electron chi connectivity index (χ3n) is 5.15. The van der Waals surface area contributed by atoms with Crippen molar-refractivity contribution in [2.24, 2.45) is 0 Å². The fourth-order valence-electron chi connectivity index (χ4n) is 3.55. The molecule has 5 nitrogen and oxygen atoms in total. The zero-order chi connectivity index (χ0) is 16.9. The molecule has 1 aromatic rings. The highest BCUT2D eigenvalue weighted by atomic mass is 16.2. The van der Waals surface area contributed by atoms with Crippen LogP contribution in [0.4, 0.5) is 0 Å². The van der Waals surface area contributed by atoms with Crippen LogP contribution in [0.25, 0.3) is 0 Å². The Balaban J connectivity index is 1.49. The van der Waals surface area contributed by atoms with Crippen LogP contribution in [-0.2, 0) is 17.8 Å². The minimum atomic E-state index is -0.117. The first kappa shape index (κ1) is 17.1. The molecule has 1 aromatic heterocycles. The third-order valence-corrected chi connectivity index (χ3v) is 5.15. The summed E-state index contributed by atoms with van der Waals surface area (Å²) in [6.45, 7) is 6.28. The fourth-order valence-corrected chi connectivity index (χ4v) is 3.55. The van der Waals surface area contributed by atoms with E-state index >= 15 is 0 Å². The molecule has 0 spiro atoms. The Morgan fingerprint density at radius 2 is 2.25 bits per heavy atom. The molecule has 3 rings (SSSR count). The molecular weight excluding hydrogens is 300 g/mol. The topological polar surface area (TPSA) is 58.1 Å². The van der Waals surface area contributed by atoms with Crippen LogP contribution in [0.5, 0.6) is 0 Å². The molecule has 0 aromatic carbocycles. The summed E-state index contributed by atoms with van der Waals surface area (Å²) < 4.78 is 0. The van der Waals surface area contributed by atoms with Gasteiger partial charge in [-0.05, 0) is 57.9 Å². The number of rotatable bonds is 5. The van der Waals surface area contributed by atoms with E-state index in [-0.39, 0.29) is 11.9 Å². The molecule has 1 aliphatic heterocycles. The number of aryl methyl sites for hydroxylation is 1. The van der Waals surface area contributed by atoms with E-state index in [2.05, 4.69) is 26.3 Å². The maximum absolute atomic E-state index is 12.5. The largest absolute Gasteiger partial charge is 0.354 e. The summed E-state index contributed by atoms with van der Waals surface area (Å²) in [5.74, 6) is 0.925. The second-order valence-electron chi connectivity index (χ2n) is 6.93. The third kappa shape index (κ3) is 4.20. The van der Waals surface area contributed by atoms with Crippen molar-refractivity contribution in [3.05, 3.63) is 34.9 Å². The molecule has 5 heteroatoms. The minimum Gasteiger partial charge on any atom is -0.354 e. The standard InChI is InChI=1S/C19H28N4O/c1-14(19(24)20-10-8-16-6-4-3-5-7-16)23-11-9-17-12-21-15(2)22-18(17)13-23/h6,12,14H,3-5,7-11,13H2,1-2H3,(H,20,24)/t14-/m0/s1. The summed E-state index contributed by atoms with van der Waals surface area (Å²) >= 11 is 0. The van der Waals surface area contributed by atoms with Gasteiger partial charge in [-0.2, -0.15) is 0 Å². The van der Waals surface area contributed by atoms with Gasteiger partial charge in [0.2, 0.25) is 5.91 Å². The summed E-state index contributed by atoms with van der Waals surface area (Å²) in [6, 6.07) is -0.117. The molecule has 130 valence electrons.